The van der Waals surface area contributed by atoms with E-state index in [0.717, 1.165) is 0 Å². The molecule has 1 heterocycles. The van der Waals surface area contributed by atoms with E-state index >= 15 is 0 Å². The second-order valence-corrected chi connectivity index (χ2v) is 6.28. The maximum absolute atomic E-state index is 11.9. The van der Waals surface area contributed by atoms with Crippen LogP contribution in [0.1, 0.15) is 40.0 Å². The van der Waals surface area contributed by atoms with Crippen molar-refractivity contribution in [1.29, 1.82) is 0 Å². The maximum atomic E-state index is 11.9. The van der Waals surface area contributed by atoms with Crippen molar-refractivity contribution < 1.29 is 14.6 Å². The smallest absolute Gasteiger partial charge is 0.410 e. The molecule has 2 atom stereocenters. The summed E-state index contributed by atoms with van der Waals surface area (Å²) < 4.78 is 5.37. The molecule has 0 aromatic rings. The second kappa shape index (κ2) is 4.48. The third kappa shape index (κ3) is 3.35. The Morgan fingerprint density at radius 2 is 1.94 bits per heavy atom. The van der Waals surface area contributed by atoms with Gasteiger partial charge in [0.1, 0.15) is 5.60 Å². The van der Waals surface area contributed by atoms with E-state index < -0.39 is 5.60 Å². The Morgan fingerprint density at radius 3 is 2.47 bits per heavy atom. The summed E-state index contributed by atoms with van der Waals surface area (Å²) in [5.41, 5.74) is -0.442. The lowest BCUT2D eigenvalue weighted by Gasteiger charge is -2.37. The summed E-state index contributed by atoms with van der Waals surface area (Å²) in [4.78, 5) is 13.7. The number of hydrogen-bond acceptors (Lipinski definition) is 3. The van der Waals surface area contributed by atoms with Crippen molar-refractivity contribution in [3.05, 3.63) is 0 Å². The van der Waals surface area contributed by atoms with E-state index in [1.165, 1.54) is 12.8 Å². The third-order valence-corrected chi connectivity index (χ3v) is 3.50. The molecule has 1 saturated heterocycles. The summed E-state index contributed by atoms with van der Waals surface area (Å²) in [6, 6.07) is 0. The topological polar surface area (TPSA) is 49.8 Å². The van der Waals surface area contributed by atoms with Crippen molar-refractivity contribution >= 4 is 6.09 Å². The fourth-order valence-corrected chi connectivity index (χ4v) is 2.45. The first kappa shape index (κ1) is 12.7. The van der Waals surface area contributed by atoms with Gasteiger partial charge in [-0.25, -0.2) is 4.79 Å². The van der Waals surface area contributed by atoms with E-state index in [4.69, 9.17) is 4.74 Å². The van der Waals surface area contributed by atoms with Crippen molar-refractivity contribution in [2.24, 2.45) is 11.8 Å². The summed E-state index contributed by atoms with van der Waals surface area (Å²) in [7, 11) is 0. The number of rotatable bonds is 1. The highest BCUT2D eigenvalue weighted by Crippen LogP contribution is 2.41. The van der Waals surface area contributed by atoms with E-state index in [2.05, 4.69) is 0 Å². The zero-order valence-corrected chi connectivity index (χ0v) is 11.0. The Hall–Kier alpha value is -0.770. The number of carbonyl (C=O) groups excluding carboxylic acids is 1. The van der Waals surface area contributed by atoms with E-state index in [1.54, 1.807) is 4.90 Å². The monoisotopic (exact) mass is 241 g/mol. The molecule has 0 radical (unpaired) electrons. The zero-order valence-electron chi connectivity index (χ0n) is 11.0. The lowest BCUT2D eigenvalue weighted by Crippen LogP contribution is -2.48. The molecule has 2 fully saturated rings. The Balaban J connectivity index is 1.91. The van der Waals surface area contributed by atoms with Crippen molar-refractivity contribution in [2.45, 2.75) is 51.7 Å². The van der Waals surface area contributed by atoms with Gasteiger partial charge in [0.2, 0.25) is 0 Å². The van der Waals surface area contributed by atoms with Gasteiger partial charge in [-0.1, -0.05) is 0 Å². The summed E-state index contributed by atoms with van der Waals surface area (Å²) in [5, 5.41) is 9.93. The number of hydrogen-bond donors (Lipinski definition) is 1. The average Bonchev–Trinajstić information content (AvgIpc) is 2.99. The van der Waals surface area contributed by atoms with Gasteiger partial charge in [0.05, 0.1) is 6.10 Å². The minimum Gasteiger partial charge on any atom is -0.444 e. The molecular formula is C13H23NO3. The van der Waals surface area contributed by atoms with Crippen LogP contribution in [0.15, 0.2) is 0 Å². The fraction of sp³-hybridized carbons (Fsp3) is 0.923. The van der Waals surface area contributed by atoms with Gasteiger partial charge in [-0.05, 0) is 46.0 Å². The molecule has 0 bridgehead atoms. The molecule has 98 valence electrons. The number of ether oxygens (including phenoxy) is 1. The first-order valence-corrected chi connectivity index (χ1v) is 6.53. The van der Waals surface area contributed by atoms with Crippen LogP contribution in [0.3, 0.4) is 0 Å². The summed E-state index contributed by atoms with van der Waals surface area (Å²) >= 11 is 0. The number of likely N-dealkylation sites (tertiary alicyclic amines) is 1. The number of nitrogens with zero attached hydrogens (tertiary/aromatic N) is 1. The lowest BCUT2D eigenvalue weighted by atomic mass is 9.90. The number of carbonyl (C=O) groups is 1. The van der Waals surface area contributed by atoms with E-state index in [1.807, 2.05) is 20.8 Å². The van der Waals surface area contributed by atoms with Gasteiger partial charge in [0.15, 0.2) is 0 Å². The average molecular weight is 241 g/mol. The quantitative estimate of drug-likeness (QED) is 0.764. The summed E-state index contributed by atoms with van der Waals surface area (Å²) in [6.45, 7) is 6.90. The molecule has 2 aliphatic rings. The molecule has 1 amide bonds. The molecule has 0 aromatic carbocycles. The SMILES string of the molecule is CC(C)(C)OC(=O)N1CCC(O)C(C2CC2)C1. The zero-order chi connectivity index (χ0) is 12.6. The fourth-order valence-electron chi connectivity index (χ4n) is 2.45. The van der Waals surface area contributed by atoms with Crippen LogP contribution in [0.4, 0.5) is 4.79 Å². The van der Waals surface area contributed by atoms with E-state index in [9.17, 15) is 9.90 Å². The molecule has 17 heavy (non-hydrogen) atoms. The lowest BCUT2D eigenvalue weighted by molar-refractivity contribution is -0.0128. The van der Waals surface area contributed by atoms with Crippen molar-refractivity contribution in [2.75, 3.05) is 13.1 Å². The van der Waals surface area contributed by atoms with Crippen LogP contribution in [0.25, 0.3) is 0 Å². The minimum atomic E-state index is -0.442. The molecule has 4 heteroatoms. The Labute approximate surface area is 103 Å². The van der Waals surface area contributed by atoms with Gasteiger partial charge in [-0.15, -0.1) is 0 Å². The highest BCUT2D eigenvalue weighted by atomic mass is 16.6. The highest BCUT2D eigenvalue weighted by molar-refractivity contribution is 5.68. The van der Waals surface area contributed by atoms with Crippen LogP contribution in [0, 0.1) is 11.8 Å². The van der Waals surface area contributed by atoms with Crippen LogP contribution in [-0.4, -0.2) is 40.9 Å². The molecule has 1 aliphatic heterocycles. The molecule has 1 saturated carbocycles. The van der Waals surface area contributed by atoms with Gasteiger partial charge in [-0.2, -0.15) is 0 Å². The molecular weight excluding hydrogens is 218 g/mol. The van der Waals surface area contributed by atoms with Gasteiger partial charge >= 0.3 is 6.09 Å². The first-order valence-electron chi connectivity index (χ1n) is 6.53. The molecule has 0 spiro atoms. The minimum absolute atomic E-state index is 0.235. The molecule has 0 aromatic heterocycles. The molecule has 2 rings (SSSR count). The van der Waals surface area contributed by atoms with Gasteiger partial charge in [0.25, 0.3) is 0 Å². The number of aliphatic hydroxyl groups is 1. The van der Waals surface area contributed by atoms with Crippen LogP contribution < -0.4 is 0 Å². The standard InChI is InChI=1S/C13H23NO3/c1-13(2,3)17-12(16)14-7-6-11(15)10(8-14)9-4-5-9/h9-11,15H,4-8H2,1-3H3. The normalized spacial score (nSPS) is 30.2. The van der Waals surface area contributed by atoms with Gasteiger partial charge < -0.3 is 14.7 Å². The predicted octanol–water partition coefficient (Wildman–Crippen LogP) is 2.01. The highest BCUT2D eigenvalue weighted by Gasteiger charge is 2.41. The predicted molar refractivity (Wildman–Crippen MR) is 64.6 cm³/mol. The van der Waals surface area contributed by atoms with Gasteiger partial charge in [-0.3, -0.25) is 0 Å². The van der Waals surface area contributed by atoms with E-state index in [0.29, 0.717) is 25.4 Å². The summed E-state index contributed by atoms with van der Waals surface area (Å²) in [5.74, 6) is 0.881. The van der Waals surface area contributed by atoms with Crippen molar-refractivity contribution in [1.82, 2.24) is 4.90 Å². The van der Waals surface area contributed by atoms with Gasteiger partial charge in [0, 0.05) is 19.0 Å². The largest absolute Gasteiger partial charge is 0.444 e. The Bertz CT molecular complexity index is 294. The number of piperidine rings is 1. The molecule has 2 unspecified atom stereocenters. The first-order chi connectivity index (χ1) is 7.87. The Kier molecular flexibility index (Phi) is 3.34. The Morgan fingerprint density at radius 1 is 1.29 bits per heavy atom. The molecule has 1 aliphatic carbocycles. The van der Waals surface area contributed by atoms with Crippen molar-refractivity contribution in [3.8, 4) is 0 Å². The number of aliphatic hydroxyl groups excluding tert-OH is 1. The summed E-state index contributed by atoms with van der Waals surface area (Å²) in [6.07, 6.45) is 2.60. The van der Waals surface area contributed by atoms with Crippen LogP contribution >= 0.6 is 0 Å². The van der Waals surface area contributed by atoms with Crippen molar-refractivity contribution in [3.63, 3.8) is 0 Å². The maximum Gasteiger partial charge on any atom is 0.410 e. The van der Waals surface area contributed by atoms with E-state index in [-0.39, 0.29) is 18.1 Å². The van der Waals surface area contributed by atoms with Crippen LogP contribution in [0.2, 0.25) is 0 Å². The van der Waals surface area contributed by atoms with Crippen LogP contribution in [0.5, 0.6) is 0 Å². The van der Waals surface area contributed by atoms with Crippen LogP contribution in [-0.2, 0) is 4.74 Å². The third-order valence-electron chi connectivity index (χ3n) is 3.50. The second-order valence-electron chi connectivity index (χ2n) is 6.28. The molecule has 1 N–H and O–H groups in total. The number of amides is 1. The molecule has 4 nitrogen and oxygen atoms in total.